The number of hydrogen-bond acceptors (Lipinski definition) is 1. The summed E-state index contributed by atoms with van der Waals surface area (Å²) in [4.78, 5) is 10.8. The summed E-state index contributed by atoms with van der Waals surface area (Å²) in [6, 6.07) is 16.2. The van der Waals surface area contributed by atoms with Crippen LogP contribution in [-0.4, -0.2) is 6.29 Å². The van der Waals surface area contributed by atoms with Crippen molar-refractivity contribution in [3.05, 3.63) is 59.7 Å². The van der Waals surface area contributed by atoms with Crippen LogP contribution in [0, 0.1) is 0 Å². The van der Waals surface area contributed by atoms with Crippen molar-refractivity contribution in [3.63, 3.8) is 0 Å². The van der Waals surface area contributed by atoms with Crippen LogP contribution in [-0.2, 0) is 5.41 Å². The number of hydrogen-bond donors (Lipinski definition) is 0. The zero-order valence-corrected chi connectivity index (χ0v) is 11.1. The van der Waals surface area contributed by atoms with Crippen LogP contribution in [0.25, 0.3) is 11.1 Å². The van der Waals surface area contributed by atoms with Crippen molar-refractivity contribution >= 4 is 6.29 Å². The molecule has 2 aromatic carbocycles. The molecule has 1 nitrogen and oxygen atoms in total. The number of carbonyl (C=O) groups is 1. The molecule has 18 heavy (non-hydrogen) atoms. The Labute approximate surface area is 108 Å². The zero-order valence-electron chi connectivity index (χ0n) is 11.1. The monoisotopic (exact) mass is 238 g/mol. The topological polar surface area (TPSA) is 17.1 Å². The lowest BCUT2D eigenvalue weighted by Gasteiger charge is -2.19. The van der Waals surface area contributed by atoms with Crippen LogP contribution in [0.5, 0.6) is 0 Å². The SMILES string of the molecule is CC(C)(C)c1ccc(-c2cccc(C=O)c2)cc1. The molecule has 2 aromatic rings. The lowest BCUT2D eigenvalue weighted by atomic mass is 9.86. The van der Waals surface area contributed by atoms with Crippen molar-refractivity contribution in [3.8, 4) is 11.1 Å². The maximum Gasteiger partial charge on any atom is 0.150 e. The highest BCUT2D eigenvalue weighted by molar-refractivity contribution is 5.78. The van der Waals surface area contributed by atoms with Gasteiger partial charge in [0.15, 0.2) is 0 Å². The van der Waals surface area contributed by atoms with Gasteiger partial charge < -0.3 is 0 Å². The summed E-state index contributed by atoms with van der Waals surface area (Å²) in [7, 11) is 0. The van der Waals surface area contributed by atoms with E-state index in [1.807, 2.05) is 24.3 Å². The van der Waals surface area contributed by atoms with Gasteiger partial charge >= 0.3 is 0 Å². The number of benzene rings is 2. The predicted octanol–water partition coefficient (Wildman–Crippen LogP) is 4.46. The second-order valence-corrected chi connectivity index (χ2v) is 5.57. The average Bonchev–Trinajstić information content (AvgIpc) is 2.38. The molecule has 0 saturated carbocycles. The number of carbonyl (C=O) groups excluding carboxylic acids is 1. The average molecular weight is 238 g/mol. The summed E-state index contributed by atoms with van der Waals surface area (Å²) in [5.41, 5.74) is 4.43. The molecule has 1 heteroatoms. The summed E-state index contributed by atoms with van der Waals surface area (Å²) in [5, 5.41) is 0. The van der Waals surface area contributed by atoms with Crippen LogP contribution in [0.3, 0.4) is 0 Å². The van der Waals surface area contributed by atoms with E-state index in [2.05, 4.69) is 45.0 Å². The van der Waals surface area contributed by atoms with Gasteiger partial charge in [-0.2, -0.15) is 0 Å². The molecule has 0 fully saturated rings. The van der Waals surface area contributed by atoms with E-state index in [-0.39, 0.29) is 5.41 Å². The van der Waals surface area contributed by atoms with E-state index < -0.39 is 0 Å². The van der Waals surface area contributed by atoms with E-state index in [0.717, 1.165) is 17.4 Å². The Kier molecular flexibility index (Phi) is 3.33. The molecular weight excluding hydrogens is 220 g/mol. The van der Waals surface area contributed by atoms with Crippen LogP contribution >= 0.6 is 0 Å². The first-order valence-electron chi connectivity index (χ1n) is 6.17. The van der Waals surface area contributed by atoms with Gasteiger partial charge in [0.2, 0.25) is 0 Å². The molecule has 0 aliphatic heterocycles. The molecule has 0 unspecified atom stereocenters. The van der Waals surface area contributed by atoms with E-state index in [1.54, 1.807) is 0 Å². The van der Waals surface area contributed by atoms with E-state index in [4.69, 9.17) is 0 Å². The highest BCUT2D eigenvalue weighted by Crippen LogP contribution is 2.26. The van der Waals surface area contributed by atoms with E-state index in [9.17, 15) is 4.79 Å². The molecule has 0 spiro atoms. The molecule has 0 amide bonds. The first kappa shape index (κ1) is 12.6. The third-order valence-corrected chi connectivity index (χ3v) is 3.11. The molecule has 0 bridgehead atoms. The fraction of sp³-hybridized carbons (Fsp3) is 0.235. The van der Waals surface area contributed by atoms with Gasteiger partial charge in [-0.15, -0.1) is 0 Å². The van der Waals surface area contributed by atoms with Crippen molar-refractivity contribution in [2.45, 2.75) is 26.2 Å². The van der Waals surface area contributed by atoms with Crippen molar-refractivity contribution in [2.24, 2.45) is 0 Å². The van der Waals surface area contributed by atoms with Gasteiger partial charge in [0, 0.05) is 5.56 Å². The Morgan fingerprint density at radius 2 is 1.56 bits per heavy atom. The minimum atomic E-state index is 0.170. The van der Waals surface area contributed by atoms with Gasteiger partial charge in [-0.3, -0.25) is 4.79 Å². The summed E-state index contributed by atoms with van der Waals surface area (Å²) in [6.45, 7) is 6.61. The maximum absolute atomic E-state index is 10.8. The van der Waals surface area contributed by atoms with Gasteiger partial charge in [0.25, 0.3) is 0 Å². The Morgan fingerprint density at radius 1 is 0.889 bits per heavy atom. The molecular formula is C17H18O. The van der Waals surface area contributed by atoms with Crippen LogP contribution in [0.2, 0.25) is 0 Å². The number of aldehydes is 1. The second kappa shape index (κ2) is 4.77. The molecule has 2 rings (SSSR count). The largest absolute Gasteiger partial charge is 0.298 e. The Hall–Kier alpha value is -1.89. The fourth-order valence-corrected chi connectivity index (χ4v) is 1.95. The molecule has 0 aliphatic rings. The van der Waals surface area contributed by atoms with Crippen molar-refractivity contribution in [1.82, 2.24) is 0 Å². The highest BCUT2D eigenvalue weighted by Gasteiger charge is 2.12. The van der Waals surface area contributed by atoms with Crippen LogP contribution in [0.15, 0.2) is 48.5 Å². The molecule has 0 heterocycles. The molecule has 0 N–H and O–H groups in total. The van der Waals surface area contributed by atoms with E-state index in [1.165, 1.54) is 5.56 Å². The Balaban J connectivity index is 2.37. The molecule has 0 atom stereocenters. The van der Waals surface area contributed by atoms with Crippen molar-refractivity contribution < 1.29 is 4.79 Å². The third-order valence-electron chi connectivity index (χ3n) is 3.11. The van der Waals surface area contributed by atoms with Gasteiger partial charge in [-0.1, -0.05) is 63.2 Å². The van der Waals surface area contributed by atoms with Gasteiger partial charge in [-0.05, 0) is 28.2 Å². The fourth-order valence-electron chi connectivity index (χ4n) is 1.95. The van der Waals surface area contributed by atoms with Crippen LogP contribution in [0.4, 0.5) is 0 Å². The summed E-state index contributed by atoms with van der Waals surface area (Å²) >= 11 is 0. The molecule has 92 valence electrons. The molecule has 0 aliphatic carbocycles. The van der Waals surface area contributed by atoms with Crippen molar-refractivity contribution in [1.29, 1.82) is 0 Å². The molecule has 0 radical (unpaired) electrons. The summed E-state index contributed by atoms with van der Waals surface area (Å²) < 4.78 is 0. The summed E-state index contributed by atoms with van der Waals surface area (Å²) in [6.07, 6.45) is 0.882. The van der Waals surface area contributed by atoms with Crippen LogP contribution < -0.4 is 0 Å². The van der Waals surface area contributed by atoms with Crippen molar-refractivity contribution in [2.75, 3.05) is 0 Å². The second-order valence-electron chi connectivity index (χ2n) is 5.57. The smallest absolute Gasteiger partial charge is 0.150 e. The minimum Gasteiger partial charge on any atom is -0.298 e. The zero-order chi connectivity index (χ0) is 13.2. The Morgan fingerprint density at radius 3 is 2.11 bits per heavy atom. The Bertz CT molecular complexity index is 545. The third kappa shape index (κ3) is 2.67. The lowest BCUT2D eigenvalue weighted by Crippen LogP contribution is -2.10. The summed E-state index contributed by atoms with van der Waals surface area (Å²) in [5.74, 6) is 0. The number of rotatable bonds is 2. The van der Waals surface area contributed by atoms with Gasteiger partial charge in [0.1, 0.15) is 6.29 Å². The van der Waals surface area contributed by atoms with Gasteiger partial charge in [-0.25, -0.2) is 0 Å². The van der Waals surface area contributed by atoms with E-state index >= 15 is 0 Å². The molecule has 0 aromatic heterocycles. The standard InChI is InChI=1S/C17H18O/c1-17(2,3)16-9-7-14(8-10-16)15-6-4-5-13(11-15)12-18/h4-12H,1-3H3. The first-order chi connectivity index (χ1) is 8.50. The maximum atomic E-state index is 10.8. The van der Waals surface area contributed by atoms with Crippen LogP contribution in [0.1, 0.15) is 36.7 Å². The van der Waals surface area contributed by atoms with Gasteiger partial charge in [0.05, 0.1) is 0 Å². The van der Waals surface area contributed by atoms with E-state index in [0.29, 0.717) is 5.56 Å². The quantitative estimate of drug-likeness (QED) is 0.706. The molecule has 0 saturated heterocycles. The highest BCUT2D eigenvalue weighted by atomic mass is 16.1. The first-order valence-corrected chi connectivity index (χ1v) is 6.17. The lowest BCUT2D eigenvalue weighted by molar-refractivity contribution is 0.112. The predicted molar refractivity (Wildman–Crippen MR) is 76.0 cm³/mol. The normalized spacial score (nSPS) is 11.3. The minimum absolute atomic E-state index is 0.170.